The van der Waals surface area contributed by atoms with Crippen molar-refractivity contribution in [2.24, 2.45) is 0 Å². The maximum atomic E-state index is 9.83. The van der Waals surface area contributed by atoms with Gasteiger partial charge in [0.2, 0.25) is 0 Å². The lowest BCUT2D eigenvalue weighted by atomic mass is 10.1. The number of hydrogen-bond donors (Lipinski definition) is 2. The molecule has 3 heteroatoms. The average molecular weight is 274 g/mol. The lowest BCUT2D eigenvalue weighted by Crippen LogP contribution is -2.21. The molecule has 2 aromatic rings. The second-order valence-electron chi connectivity index (χ2n) is 6.50. The van der Waals surface area contributed by atoms with Crippen LogP contribution in [0.5, 0.6) is 0 Å². The topological polar surface area (TPSA) is 37.2 Å². The molecule has 110 valence electrons. The van der Waals surface area contributed by atoms with Gasteiger partial charge in [-0.3, -0.25) is 0 Å². The van der Waals surface area contributed by atoms with Crippen LogP contribution in [0.1, 0.15) is 39.7 Å². The van der Waals surface area contributed by atoms with Crippen LogP contribution < -0.4 is 5.32 Å². The monoisotopic (exact) mass is 274 g/mol. The minimum atomic E-state index is -0.613. The molecule has 1 aromatic carbocycles. The van der Waals surface area contributed by atoms with E-state index in [1.54, 1.807) is 0 Å². The highest BCUT2D eigenvalue weighted by Gasteiger charge is 2.12. The molecule has 0 aliphatic rings. The minimum Gasteiger partial charge on any atom is -0.390 e. The first-order valence-corrected chi connectivity index (χ1v) is 7.39. The smallest absolute Gasteiger partial charge is 0.0608 e. The molecule has 0 bridgehead atoms. The molecule has 0 unspecified atom stereocenters. The summed E-state index contributed by atoms with van der Waals surface area (Å²) in [5.41, 5.74) is 1.94. The van der Waals surface area contributed by atoms with Crippen molar-refractivity contribution < 1.29 is 5.11 Å². The van der Waals surface area contributed by atoms with Crippen LogP contribution >= 0.6 is 0 Å². The summed E-state index contributed by atoms with van der Waals surface area (Å²) in [4.78, 5) is 0. The van der Waals surface area contributed by atoms with Gasteiger partial charge in [-0.25, -0.2) is 0 Å². The summed E-state index contributed by atoms with van der Waals surface area (Å²) in [5.74, 6) is 0. The van der Waals surface area contributed by atoms with E-state index < -0.39 is 5.60 Å². The molecule has 3 nitrogen and oxygen atoms in total. The summed E-state index contributed by atoms with van der Waals surface area (Å²) in [7, 11) is 0. The Morgan fingerprint density at radius 1 is 1.25 bits per heavy atom. The summed E-state index contributed by atoms with van der Waals surface area (Å²) in [6.45, 7) is 9.78. The van der Waals surface area contributed by atoms with E-state index in [-0.39, 0.29) is 0 Å². The van der Waals surface area contributed by atoms with E-state index in [1.165, 1.54) is 16.5 Å². The van der Waals surface area contributed by atoms with Crippen molar-refractivity contribution in [2.45, 2.75) is 58.8 Å². The highest BCUT2D eigenvalue weighted by molar-refractivity contribution is 5.80. The van der Waals surface area contributed by atoms with Crippen molar-refractivity contribution in [2.75, 3.05) is 0 Å². The second-order valence-corrected chi connectivity index (χ2v) is 6.50. The molecule has 20 heavy (non-hydrogen) atoms. The molecular weight excluding hydrogens is 248 g/mol. The Labute approximate surface area is 121 Å². The Balaban J connectivity index is 2.12. The third-order valence-electron chi connectivity index (χ3n) is 3.51. The first kappa shape index (κ1) is 15.1. The van der Waals surface area contributed by atoms with Gasteiger partial charge in [-0.05, 0) is 49.4 Å². The van der Waals surface area contributed by atoms with Crippen LogP contribution in [0.4, 0.5) is 0 Å². The first-order valence-electron chi connectivity index (χ1n) is 7.39. The van der Waals surface area contributed by atoms with Crippen LogP contribution in [0.25, 0.3) is 10.9 Å². The average Bonchev–Trinajstić information content (AvgIpc) is 2.75. The molecule has 0 radical (unpaired) electrons. The fraction of sp³-hybridized carbons (Fsp3) is 0.529. The Hall–Kier alpha value is -1.32. The largest absolute Gasteiger partial charge is 0.390 e. The summed E-state index contributed by atoms with van der Waals surface area (Å²) >= 11 is 0. The summed E-state index contributed by atoms with van der Waals surface area (Å²) < 4.78 is 2.22. The number of rotatable bonds is 6. The molecule has 1 heterocycles. The second kappa shape index (κ2) is 5.98. The standard InChI is InChI=1S/C17H26N2O/c1-13(2)18-12-14-5-6-16-15(11-14)7-9-19(16)10-8-17(3,4)20/h5-7,9,11,13,18,20H,8,10,12H2,1-4H3. The Kier molecular flexibility index (Phi) is 4.51. The van der Waals surface area contributed by atoms with Gasteiger partial charge in [0.1, 0.15) is 0 Å². The number of nitrogens with zero attached hydrogens (tertiary/aromatic N) is 1. The van der Waals surface area contributed by atoms with E-state index in [0.29, 0.717) is 6.04 Å². The quantitative estimate of drug-likeness (QED) is 0.848. The Bertz CT molecular complexity index is 564. The van der Waals surface area contributed by atoms with E-state index in [1.807, 2.05) is 13.8 Å². The number of aliphatic hydroxyl groups is 1. The summed E-state index contributed by atoms with van der Waals surface area (Å²) in [6, 6.07) is 9.25. The van der Waals surface area contributed by atoms with E-state index in [4.69, 9.17) is 0 Å². The fourth-order valence-electron chi connectivity index (χ4n) is 2.27. The first-order chi connectivity index (χ1) is 9.35. The number of benzene rings is 1. The van der Waals surface area contributed by atoms with Crippen LogP contribution in [0, 0.1) is 0 Å². The predicted octanol–water partition coefficient (Wildman–Crippen LogP) is 3.30. The van der Waals surface area contributed by atoms with Gasteiger partial charge in [0.25, 0.3) is 0 Å². The molecule has 2 N–H and O–H groups in total. The molecule has 2 rings (SSSR count). The van der Waals surface area contributed by atoms with Crippen molar-refractivity contribution >= 4 is 10.9 Å². The molecule has 0 aliphatic heterocycles. The van der Waals surface area contributed by atoms with Gasteiger partial charge in [0, 0.05) is 30.8 Å². The van der Waals surface area contributed by atoms with E-state index in [2.05, 4.69) is 54.2 Å². The Morgan fingerprint density at radius 3 is 2.65 bits per heavy atom. The van der Waals surface area contributed by atoms with Gasteiger partial charge >= 0.3 is 0 Å². The lowest BCUT2D eigenvalue weighted by molar-refractivity contribution is 0.0666. The normalized spacial score (nSPS) is 12.5. The predicted molar refractivity (Wildman–Crippen MR) is 84.8 cm³/mol. The molecular formula is C17H26N2O. The highest BCUT2D eigenvalue weighted by atomic mass is 16.3. The molecule has 0 fully saturated rings. The van der Waals surface area contributed by atoms with Crippen molar-refractivity contribution in [1.82, 2.24) is 9.88 Å². The number of aromatic nitrogens is 1. The van der Waals surface area contributed by atoms with Gasteiger partial charge in [-0.1, -0.05) is 19.9 Å². The van der Waals surface area contributed by atoms with Gasteiger partial charge < -0.3 is 15.0 Å². The van der Waals surface area contributed by atoms with Crippen LogP contribution in [0.3, 0.4) is 0 Å². The molecule has 0 spiro atoms. The Morgan fingerprint density at radius 2 is 2.00 bits per heavy atom. The van der Waals surface area contributed by atoms with Gasteiger partial charge in [0.05, 0.1) is 5.60 Å². The van der Waals surface area contributed by atoms with E-state index >= 15 is 0 Å². The third-order valence-corrected chi connectivity index (χ3v) is 3.51. The van der Waals surface area contributed by atoms with Crippen molar-refractivity contribution in [3.05, 3.63) is 36.0 Å². The van der Waals surface area contributed by atoms with Crippen molar-refractivity contribution in [3.63, 3.8) is 0 Å². The van der Waals surface area contributed by atoms with Crippen LogP contribution in [-0.2, 0) is 13.1 Å². The SMILES string of the molecule is CC(C)NCc1ccc2c(ccn2CCC(C)(C)O)c1. The zero-order valence-electron chi connectivity index (χ0n) is 13.0. The molecule has 1 aromatic heterocycles. The third kappa shape index (κ3) is 4.09. The maximum Gasteiger partial charge on any atom is 0.0608 e. The molecule has 0 saturated heterocycles. The van der Waals surface area contributed by atoms with Crippen molar-refractivity contribution in [1.29, 1.82) is 0 Å². The van der Waals surface area contributed by atoms with Crippen LogP contribution in [-0.4, -0.2) is 21.3 Å². The number of fused-ring (bicyclic) bond motifs is 1. The number of nitrogens with one attached hydrogen (secondary N) is 1. The van der Waals surface area contributed by atoms with Crippen LogP contribution in [0.2, 0.25) is 0 Å². The number of hydrogen-bond acceptors (Lipinski definition) is 2. The summed E-state index contributed by atoms with van der Waals surface area (Å²) in [5, 5.41) is 14.5. The van der Waals surface area contributed by atoms with Gasteiger partial charge in [0.15, 0.2) is 0 Å². The molecule has 0 atom stereocenters. The highest BCUT2D eigenvalue weighted by Crippen LogP contribution is 2.20. The van der Waals surface area contributed by atoms with E-state index in [0.717, 1.165) is 19.5 Å². The molecule has 0 aliphatic carbocycles. The lowest BCUT2D eigenvalue weighted by Gasteiger charge is -2.17. The molecule has 0 saturated carbocycles. The van der Waals surface area contributed by atoms with E-state index in [9.17, 15) is 5.11 Å². The number of aryl methyl sites for hydroxylation is 1. The summed E-state index contributed by atoms with van der Waals surface area (Å²) in [6.07, 6.45) is 2.86. The van der Waals surface area contributed by atoms with Gasteiger partial charge in [-0.15, -0.1) is 0 Å². The minimum absolute atomic E-state index is 0.502. The van der Waals surface area contributed by atoms with Gasteiger partial charge in [-0.2, -0.15) is 0 Å². The van der Waals surface area contributed by atoms with Crippen LogP contribution in [0.15, 0.2) is 30.5 Å². The maximum absolute atomic E-state index is 9.83. The molecule has 0 amide bonds. The zero-order chi connectivity index (χ0) is 14.8. The fourth-order valence-corrected chi connectivity index (χ4v) is 2.27. The zero-order valence-corrected chi connectivity index (χ0v) is 13.0. The van der Waals surface area contributed by atoms with Crippen molar-refractivity contribution in [3.8, 4) is 0 Å².